The normalized spacial score (nSPS) is 16.4. The zero-order chi connectivity index (χ0) is 38.6. The standard InChI is InChI=1S/C43H39Cl2N3O7/c1-25-6-8-27(9-7-25)18-36(42(50)51)47-41(49)37-19-30-20-38-39(21-31(30)22-48(37)43(52)46-32-5-3-4-26(2)16-32)55-40(24-54-38)29-11-13-33(14-12-29)53-23-28-10-15-34(44)35(45)17-28/h3-17,20-21,36-37,40H,18-19,22-24H2,1-2H3,(H,46,52)(H,47,49)(H,50,51). The fourth-order valence-corrected chi connectivity index (χ4v) is 7.00. The maximum atomic E-state index is 14.0. The summed E-state index contributed by atoms with van der Waals surface area (Å²) < 4.78 is 18.6. The summed E-state index contributed by atoms with van der Waals surface area (Å²) >= 11 is 12.2. The Hall–Kier alpha value is -5.71. The van der Waals surface area contributed by atoms with E-state index in [9.17, 15) is 19.5 Å². The molecule has 55 heavy (non-hydrogen) atoms. The number of carboxylic acids is 1. The second-order valence-electron chi connectivity index (χ2n) is 13.8. The Labute approximate surface area is 328 Å². The van der Waals surface area contributed by atoms with Crippen LogP contribution in [0.3, 0.4) is 0 Å². The van der Waals surface area contributed by atoms with Crippen LogP contribution in [0.15, 0.2) is 103 Å². The minimum Gasteiger partial charge on any atom is -0.489 e. The number of hydrogen-bond donors (Lipinski definition) is 3. The summed E-state index contributed by atoms with van der Waals surface area (Å²) in [6.45, 7) is 4.52. The van der Waals surface area contributed by atoms with Crippen molar-refractivity contribution in [2.75, 3.05) is 11.9 Å². The van der Waals surface area contributed by atoms with Gasteiger partial charge in [-0.2, -0.15) is 0 Å². The number of rotatable bonds is 10. The summed E-state index contributed by atoms with van der Waals surface area (Å²) in [7, 11) is 0. The molecule has 0 radical (unpaired) electrons. The molecule has 2 heterocycles. The predicted molar refractivity (Wildman–Crippen MR) is 210 cm³/mol. The monoisotopic (exact) mass is 779 g/mol. The Balaban J connectivity index is 1.08. The number of anilines is 1. The van der Waals surface area contributed by atoms with E-state index in [1.54, 1.807) is 18.2 Å². The number of benzene rings is 5. The van der Waals surface area contributed by atoms with Crippen molar-refractivity contribution in [2.24, 2.45) is 0 Å². The largest absolute Gasteiger partial charge is 0.489 e. The van der Waals surface area contributed by atoms with Crippen LogP contribution in [0.25, 0.3) is 0 Å². The molecular weight excluding hydrogens is 741 g/mol. The van der Waals surface area contributed by atoms with Gasteiger partial charge in [-0.15, -0.1) is 0 Å². The molecule has 0 spiro atoms. The van der Waals surface area contributed by atoms with Gasteiger partial charge in [0.15, 0.2) is 17.6 Å². The molecule has 12 heteroatoms. The van der Waals surface area contributed by atoms with Crippen LogP contribution in [0, 0.1) is 13.8 Å². The number of carbonyl (C=O) groups is 3. The highest BCUT2D eigenvalue weighted by Gasteiger charge is 2.38. The van der Waals surface area contributed by atoms with Gasteiger partial charge in [0.05, 0.1) is 10.0 Å². The fraction of sp³-hybridized carbons (Fsp3) is 0.233. The second kappa shape index (κ2) is 16.3. The van der Waals surface area contributed by atoms with E-state index in [0.717, 1.165) is 38.9 Å². The number of carboxylic acid groups (broad SMARTS) is 1. The molecular formula is C43H39Cl2N3O7. The SMILES string of the molecule is Cc1ccc(CC(NC(=O)C2Cc3cc4c(cc3CN2C(=O)Nc2cccc(C)c2)OC(c2ccc(OCc3ccc(Cl)c(Cl)c3)cc2)CO4)C(=O)O)cc1. The molecule has 0 aromatic heterocycles. The van der Waals surface area contributed by atoms with Crippen LogP contribution in [0.2, 0.25) is 10.0 Å². The minimum atomic E-state index is -1.20. The number of nitrogens with one attached hydrogen (secondary N) is 2. The van der Waals surface area contributed by atoms with Crippen LogP contribution >= 0.6 is 23.2 Å². The van der Waals surface area contributed by atoms with Gasteiger partial charge in [0.1, 0.15) is 31.0 Å². The molecule has 5 aromatic rings. The molecule has 3 atom stereocenters. The molecule has 0 aliphatic carbocycles. The Morgan fingerprint density at radius 3 is 2.33 bits per heavy atom. The van der Waals surface area contributed by atoms with E-state index in [0.29, 0.717) is 39.6 Å². The molecule has 2 aliphatic rings. The van der Waals surface area contributed by atoms with Crippen molar-refractivity contribution in [3.8, 4) is 17.2 Å². The third-order valence-corrected chi connectivity index (χ3v) is 10.4. The second-order valence-corrected chi connectivity index (χ2v) is 14.6. The maximum Gasteiger partial charge on any atom is 0.326 e. The van der Waals surface area contributed by atoms with Gasteiger partial charge >= 0.3 is 12.0 Å². The maximum absolute atomic E-state index is 14.0. The third kappa shape index (κ3) is 8.99. The molecule has 3 unspecified atom stereocenters. The fourth-order valence-electron chi connectivity index (χ4n) is 6.68. The smallest absolute Gasteiger partial charge is 0.326 e. The van der Waals surface area contributed by atoms with Crippen molar-refractivity contribution in [3.05, 3.63) is 152 Å². The zero-order valence-electron chi connectivity index (χ0n) is 30.2. The first-order valence-electron chi connectivity index (χ1n) is 17.8. The Morgan fingerprint density at radius 1 is 0.855 bits per heavy atom. The van der Waals surface area contributed by atoms with Crippen LogP contribution in [0.1, 0.15) is 45.0 Å². The lowest BCUT2D eigenvalue weighted by Gasteiger charge is -2.37. The highest BCUT2D eigenvalue weighted by atomic mass is 35.5. The molecule has 0 saturated heterocycles. The van der Waals surface area contributed by atoms with E-state index in [1.807, 2.05) is 98.8 Å². The van der Waals surface area contributed by atoms with Crippen LogP contribution in [-0.4, -0.2) is 46.6 Å². The summed E-state index contributed by atoms with van der Waals surface area (Å²) in [5.41, 5.74) is 6.71. The number of hydrogen-bond acceptors (Lipinski definition) is 6. The first kappa shape index (κ1) is 37.6. The number of nitrogens with zero attached hydrogens (tertiary/aromatic N) is 1. The van der Waals surface area contributed by atoms with E-state index >= 15 is 0 Å². The van der Waals surface area contributed by atoms with Crippen molar-refractivity contribution < 1.29 is 33.7 Å². The van der Waals surface area contributed by atoms with Crippen molar-refractivity contribution in [2.45, 2.75) is 58.0 Å². The van der Waals surface area contributed by atoms with Gasteiger partial charge < -0.3 is 34.9 Å². The summed E-state index contributed by atoms with van der Waals surface area (Å²) in [4.78, 5) is 41.6. The van der Waals surface area contributed by atoms with Gasteiger partial charge in [0, 0.05) is 25.1 Å². The number of aliphatic carboxylic acids is 1. The average Bonchev–Trinajstić information content (AvgIpc) is 3.17. The van der Waals surface area contributed by atoms with Crippen molar-refractivity contribution in [3.63, 3.8) is 0 Å². The van der Waals surface area contributed by atoms with E-state index in [-0.39, 0.29) is 26.0 Å². The third-order valence-electron chi connectivity index (χ3n) is 9.70. The van der Waals surface area contributed by atoms with Gasteiger partial charge in [-0.3, -0.25) is 4.79 Å². The van der Waals surface area contributed by atoms with E-state index < -0.39 is 36.1 Å². The number of carbonyl (C=O) groups excluding carboxylic acids is 2. The van der Waals surface area contributed by atoms with Crippen LogP contribution in [0.5, 0.6) is 17.2 Å². The van der Waals surface area contributed by atoms with Gasteiger partial charge in [0.25, 0.3) is 0 Å². The first-order valence-corrected chi connectivity index (χ1v) is 18.6. The van der Waals surface area contributed by atoms with Crippen LogP contribution < -0.4 is 24.8 Å². The quantitative estimate of drug-likeness (QED) is 0.130. The van der Waals surface area contributed by atoms with E-state index in [1.165, 1.54) is 4.90 Å². The molecule has 2 aliphatic heterocycles. The molecule has 7 rings (SSSR count). The van der Waals surface area contributed by atoms with Crippen molar-refractivity contribution >= 4 is 46.8 Å². The Morgan fingerprint density at radius 2 is 1.60 bits per heavy atom. The molecule has 0 bridgehead atoms. The number of ether oxygens (including phenoxy) is 3. The minimum absolute atomic E-state index is 0.0763. The highest BCUT2D eigenvalue weighted by molar-refractivity contribution is 6.42. The van der Waals surface area contributed by atoms with Gasteiger partial charge in [0.2, 0.25) is 5.91 Å². The zero-order valence-corrected chi connectivity index (χ0v) is 31.7. The van der Waals surface area contributed by atoms with E-state index in [2.05, 4.69) is 10.6 Å². The average molecular weight is 781 g/mol. The topological polar surface area (TPSA) is 126 Å². The van der Waals surface area contributed by atoms with Crippen LogP contribution in [-0.2, 0) is 35.6 Å². The molecule has 0 saturated carbocycles. The number of halogens is 2. The van der Waals surface area contributed by atoms with Gasteiger partial charge in [-0.25, -0.2) is 9.59 Å². The lowest BCUT2D eigenvalue weighted by molar-refractivity contribution is -0.142. The summed E-state index contributed by atoms with van der Waals surface area (Å²) in [6, 6.07) is 28.8. The van der Waals surface area contributed by atoms with Crippen molar-refractivity contribution in [1.29, 1.82) is 0 Å². The van der Waals surface area contributed by atoms with Gasteiger partial charge in [-0.05, 0) is 95.8 Å². The molecule has 282 valence electrons. The lowest BCUT2D eigenvalue weighted by atomic mass is 9.92. The van der Waals surface area contributed by atoms with Crippen LogP contribution in [0.4, 0.5) is 10.5 Å². The molecule has 5 aromatic carbocycles. The highest BCUT2D eigenvalue weighted by Crippen LogP contribution is 2.41. The molecule has 0 fully saturated rings. The van der Waals surface area contributed by atoms with Gasteiger partial charge in [-0.1, -0.05) is 83.4 Å². The number of amides is 3. The predicted octanol–water partition coefficient (Wildman–Crippen LogP) is 8.47. The van der Waals surface area contributed by atoms with Crippen molar-refractivity contribution in [1.82, 2.24) is 10.2 Å². The Kier molecular flexibility index (Phi) is 11.2. The summed E-state index contributed by atoms with van der Waals surface area (Å²) in [6.07, 6.45) is -0.170. The lowest BCUT2D eigenvalue weighted by Crippen LogP contribution is -2.56. The number of urea groups is 1. The molecule has 3 amide bonds. The summed E-state index contributed by atoms with van der Waals surface area (Å²) in [5.74, 6) is -0.0185. The Bertz CT molecular complexity index is 2230. The molecule has 10 nitrogen and oxygen atoms in total. The molecule has 3 N–H and O–H groups in total. The first-order chi connectivity index (χ1) is 26.5. The van der Waals surface area contributed by atoms with E-state index in [4.69, 9.17) is 37.4 Å². The summed E-state index contributed by atoms with van der Waals surface area (Å²) in [5, 5.41) is 16.7. The number of aryl methyl sites for hydroxylation is 2. The number of fused-ring (bicyclic) bond motifs is 2.